The fourth-order valence-electron chi connectivity index (χ4n) is 4.94. The first-order valence-electron chi connectivity index (χ1n) is 12.7. The van der Waals surface area contributed by atoms with Crippen LogP contribution in [0.15, 0.2) is 53.6 Å². The molecular formula is C28H33F3N4O2. The quantitative estimate of drug-likeness (QED) is 0.499. The second kappa shape index (κ2) is 11.4. The fraction of sp³-hybridized carbons (Fsp3) is 0.429. The van der Waals surface area contributed by atoms with Gasteiger partial charge in [-0.3, -0.25) is 4.79 Å². The molecule has 1 fully saturated rings. The van der Waals surface area contributed by atoms with Crippen LogP contribution in [0.3, 0.4) is 0 Å². The summed E-state index contributed by atoms with van der Waals surface area (Å²) in [5.74, 6) is -0.148. The van der Waals surface area contributed by atoms with Crippen LogP contribution in [-0.2, 0) is 12.6 Å². The average molecular weight is 515 g/mol. The SMILES string of the molecule is Nc1ccc(C(=O)N2CCC(O)(Cc3cccc(C(F)(F)F)c3)CC2)cc1/C1=C/CN/N=C\CCCC1. The molecule has 1 amide bonds. The van der Waals surface area contributed by atoms with Crippen LogP contribution < -0.4 is 11.2 Å². The molecule has 0 spiro atoms. The first-order valence-corrected chi connectivity index (χ1v) is 12.7. The Hall–Kier alpha value is -3.33. The van der Waals surface area contributed by atoms with E-state index in [1.807, 2.05) is 12.3 Å². The molecular weight excluding hydrogens is 481 g/mol. The highest BCUT2D eigenvalue weighted by molar-refractivity contribution is 5.96. The van der Waals surface area contributed by atoms with E-state index in [-0.39, 0.29) is 25.2 Å². The van der Waals surface area contributed by atoms with E-state index in [2.05, 4.69) is 16.6 Å². The molecule has 2 aliphatic rings. The molecule has 1 saturated heterocycles. The number of carbonyl (C=O) groups excluding carboxylic acids is 1. The monoisotopic (exact) mass is 514 g/mol. The van der Waals surface area contributed by atoms with Gasteiger partial charge in [0.25, 0.3) is 5.91 Å². The molecule has 0 atom stereocenters. The van der Waals surface area contributed by atoms with Crippen molar-refractivity contribution in [2.45, 2.75) is 56.7 Å². The van der Waals surface area contributed by atoms with Gasteiger partial charge in [0, 0.05) is 42.5 Å². The lowest BCUT2D eigenvalue weighted by Gasteiger charge is -2.38. The van der Waals surface area contributed by atoms with Gasteiger partial charge in [-0.1, -0.05) is 24.3 Å². The zero-order valence-electron chi connectivity index (χ0n) is 20.7. The maximum absolute atomic E-state index is 13.3. The van der Waals surface area contributed by atoms with E-state index in [4.69, 9.17) is 5.73 Å². The average Bonchev–Trinajstić information content (AvgIpc) is 2.87. The van der Waals surface area contributed by atoms with Crippen molar-refractivity contribution < 1.29 is 23.1 Å². The summed E-state index contributed by atoms with van der Waals surface area (Å²) in [6.45, 7) is 1.21. The highest BCUT2D eigenvalue weighted by Gasteiger charge is 2.36. The summed E-state index contributed by atoms with van der Waals surface area (Å²) in [6, 6.07) is 10.4. The molecule has 0 aliphatic carbocycles. The number of hydrogen-bond acceptors (Lipinski definition) is 5. The van der Waals surface area contributed by atoms with E-state index in [0.29, 0.717) is 36.4 Å². The Labute approximate surface area is 215 Å². The van der Waals surface area contributed by atoms with Crippen LogP contribution in [0.25, 0.3) is 5.57 Å². The predicted molar refractivity (Wildman–Crippen MR) is 139 cm³/mol. The number of amides is 1. The second-order valence-electron chi connectivity index (χ2n) is 9.84. The smallest absolute Gasteiger partial charge is 0.398 e. The molecule has 2 heterocycles. The molecule has 6 nitrogen and oxygen atoms in total. The number of allylic oxidation sites excluding steroid dienone is 1. The molecule has 4 N–H and O–H groups in total. The Balaban J connectivity index is 1.43. The molecule has 9 heteroatoms. The number of alkyl halides is 3. The number of benzene rings is 2. The van der Waals surface area contributed by atoms with Gasteiger partial charge in [0.05, 0.1) is 17.7 Å². The van der Waals surface area contributed by atoms with Crippen molar-refractivity contribution in [2.24, 2.45) is 5.10 Å². The predicted octanol–water partition coefficient (Wildman–Crippen LogP) is 5.03. The maximum atomic E-state index is 13.3. The Morgan fingerprint density at radius 3 is 2.68 bits per heavy atom. The minimum absolute atomic E-state index is 0.108. The van der Waals surface area contributed by atoms with Crippen LogP contribution in [0.5, 0.6) is 0 Å². The van der Waals surface area contributed by atoms with Gasteiger partial charge in [-0.25, -0.2) is 0 Å². The Bertz CT molecular complexity index is 1170. The van der Waals surface area contributed by atoms with Crippen molar-refractivity contribution in [1.82, 2.24) is 10.3 Å². The van der Waals surface area contributed by atoms with Gasteiger partial charge in [-0.05, 0) is 73.9 Å². The van der Waals surface area contributed by atoms with Gasteiger partial charge in [-0.2, -0.15) is 18.3 Å². The summed E-state index contributed by atoms with van der Waals surface area (Å²) < 4.78 is 39.2. The van der Waals surface area contributed by atoms with Crippen LogP contribution in [0.2, 0.25) is 0 Å². The van der Waals surface area contributed by atoms with Gasteiger partial charge in [-0.15, -0.1) is 0 Å². The molecule has 0 aromatic heterocycles. The van der Waals surface area contributed by atoms with Crippen molar-refractivity contribution in [3.05, 3.63) is 70.8 Å². The number of carbonyl (C=O) groups is 1. The van der Waals surface area contributed by atoms with E-state index < -0.39 is 17.3 Å². The lowest BCUT2D eigenvalue weighted by molar-refractivity contribution is -0.137. The Kier molecular flexibility index (Phi) is 8.22. The number of nitrogens with one attached hydrogen (secondary N) is 1. The summed E-state index contributed by atoms with van der Waals surface area (Å²) >= 11 is 0. The van der Waals surface area contributed by atoms with Gasteiger partial charge in [0.2, 0.25) is 0 Å². The first kappa shape index (κ1) is 26.7. The highest BCUT2D eigenvalue weighted by Crippen LogP contribution is 2.33. The van der Waals surface area contributed by atoms with E-state index in [9.17, 15) is 23.1 Å². The number of aliphatic hydroxyl groups is 1. The summed E-state index contributed by atoms with van der Waals surface area (Å²) in [4.78, 5) is 15.0. The molecule has 4 rings (SSSR count). The lowest BCUT2D eigenvalue weighted by atomic mass is 9.84. The third kappa shape index (κ3) is 6.91. The van der Waals surface area contributed by atoms with Crippen molar-refractivity contribution in [2.75, 3.05) is 25.4 Å². The number of anilines is 1. The summed E-state index contributed by atoms with van der Waals surface area (Å²) in [5.41, 5.74) is 10.9. The number of hydrogen-bond donors (Lipinski definition) is 3. The second-order valence-corrected chi connectivity index (χ2v) is 9.84. The van der Waals surface area contributed by atoms with Crippen molar-refractivity contribution >= 4 is 23.4 Å². The van der Waals surface area contributed by atoms with Crippen LogP contribution in [0, 0.1) is 0 Å². The minimum Gasteiger partial charge on any atom is -0.398 e. The number of nitrogen functional groups attached to an aromatic ring is 1. The molecule has 2 aliphatic heterocycles. The van der Waals surface area contributed by atoms with Crippen LogP contribution in [0.1, 0.15) is 65.6 Å². The molecule has 0 unspecified atom stereocenters. The standard InChI is InChI=1S/C28H33F3N4O2/c29-28(30,31)23-7-4-5-20(17-23)19-27(37)11-15-35(16-12-27)26(36)22-8-9-25(32)24(18-22)21-6-2-1-3-13-33-34-14-10-21/h4-5,7-10,13,17-18,34,37H,1-3,6,11-12,14-16,19,32H2/b21-10+,33-13-. The van der Waals surface area contributed by atoms with Gasteiger partial charge < -0.3 is 21.2 Å². The normalized spacial score (nSPS) is 20.9. The van der Waals surface area contributed by atoms with Gasteiger partial charge in [0.15, 0.2) is 0 Å². The number of piperidine rings is 1. The number of nitrogens with two attached hydrogens (primary N) is 1. The molecule has 37 heavy (non-hydrogen) atoms. The summed E-state index contributed by atoms with van der Waals surface area (Å²) in [6.07, 6.45) is 3.95. The zero-order valence-corrected chi connectivity index (χ0v) is 20.7. The van der Waals surface area contributed by atoms with Crippen molar-refractivity contribution in [1.29, 1.82) is 0 Å². The third-order valence-corrected chi connectivity index (χ3v) is 7.07. The van der Waals surface area contributed by atoms with Gasteiger partial charge in [0.1, 0.15) is 0 Å². The van der Waals surface area contributed by atoms with Gasteiger partial charge >= 0.3 is 6.18 Å². The zero-order chi connectivity index (χ0) is 26.5. The minimum atomic E-state index is -4.43. The first-order chi connectivity index (χ1) is 17.6. The van der Waals surface area contributed by atoms with Crippen LogP contribution in [0.4, 0.5) is 18.9 Å². The third-order valence-electron chi connectivity index (χ3n) is 7.07. The highest BCUT2D eigenvalue weighted by atomic mass is 19.4. The molecule has 0 saturated carbocycles. The number of rotatable bonds is 4. The molecule has 0 bridgehead atoms. The number of hydrazone groups is 1. The van der Waals surface area contributed by atoms with E-state index in [1.165, 1.54) is 6.07 Å². The van der Waals surface area contributed by atoms with E-state index in [0.717, 1.165) is 49.0 Å². The largest absolute Gasteiger partial charge is 0.416 e. The van der Waals surface area contributed by atoms with Crippen molar-refractivity contribution in [3.8, 4) is 0 Å². The van der Waals surface area contributed by atoms with Crippen LogP contribution >= 0.6 is 0 Å². The fourth-order valence-corrected chi connectivity index (χ4v) is 4.94. The number of halogens is 3. The lowest BCUT2D eigenvalue weighted by Crippen LogP contribution is -2.47. The molecule has 198 valence electrons. The Morgan fingerprint density at radius 1 is 1.14 bits per heavy atom. The maximum Gasteiger partial charge on any atom is 0.416 e. The molecule has 0 radical (unpaired) electrons. The van der Waals surface area contributed by atoms with Crippen LogP contribution in [-0.4, -0.2) is 47.4 Å². The van der Waals surface area contributed by atoms with E-state index in [1.54, 1.807) is 23.1 Å². The topological polar surface area (TPSA) is 91.0 Å². The number of nitrogens with zero attached hydrogens (tertiary/aromatic N) is 2. The van der Waals surface area contributed by atoms with E-state index >= 15 is 0 Å². The molecule has 2 aromatic carbocycles. The molecule has 2 aromatic rings. The summed E-state index contributed by atoms with van der Waals surface area (Å²) in [7, 11) is 0. The number of likely N-dealkylation sites (tertiary alicyclic amines) is 1. The Morgan fingerprint density at radius 2 is 1.92 bits per heavy atom. The van der Waals surface area contributed by atoms with Crippen molar-refractivity contribution in [3.63, 3.8) is 0 Å². The summed E-state index contributed by atoms with van der Waals surface area (Å²) in [5, 5.41) is 15.2.